The SMILES string of the molecule is O=C(Cn1nc2c3cc(-c4ccc(F)cc4)nn3ccn2c1=O)Nc1ccc(Br)cc1. The van der Waals surface area contributed by atoms with E-state index < -0.39 is 5.69 Å². The van der Waals surface area contributed by atoms with E-state index in [4.69, 9.17) is 0 Å². The van der Waals surface area contributed by atoms with Gasteiger partial charge in [-0.3, -0.25) is 4.79 Å². The number of hydrogen-bond acceptors (Lipinski definition) is 4. The number of carbonyl (C=O) groups excluding carboxylic acids is 1. The van der Waals surface area contributed by atoms with E-state index in [9.17, 15) is 14.0 Å². The molecule has 0 aliphatic heterocycles. The van der Waals surface area contributed by atoms with Gasteiger partial charge in [0.2, 0.25) is 5.91 Å². The van der Waals surface area contributed by atoms with Gasteiger partial charge in [-0.1, -0.05) is 15.9 Å². The number of nitrogens with zero attached hydrogens (tertiary/aromatic N) is 5. The van der Waals surface area contributed by atoms with Crippen LogP contribution >= 0.6 is 15.9 Å². The lowest BCUT2D eigenvalue weighted by atomic mass is 10.1. The molecule has 154 valence electrons. The van der Waals surface area contributed by atoms with E-state index in [1.54, 1.807) is 47.2 Å². The molecule has 8 nitrogen and oxygen atoms in total. The summed E-state index contributed by atoms with van der Waals surface area (Å²) in [5.74, 6) is -0.703. The van der Waals surface area contributed by atoms with Crippen LogP contribution in [-0.2, 0) is 11.3 Å². The monoisotopic (exact) mass is 480 g/mol. The third kappa shape index (κ3) is 3.61. The van der Waals surface area contributed by atoms with Crippen LogP contribution < -0.4 is 11.0 Å². The molecule has 0 radical (unpaired) electrons. The maximum Gasteiger partial charge on any atom is 0.350 e. The highest BCUT2D eigenvalue weighted by atomic mass is 79.9. The Morgan fingerprint density at radius 2 is 1.77 bits per heavy atom. The molecule has 10 heteroatoms. The summed E-state index contributed by atoms with van der Waals surface area (Å²) in [7, 11) is 0. The van der Waals surface area contributed by atoms with Crippen molar-refractivity contribution in [2.45, 2.75) is 6.54 Å². The molecule has 0 bridgehead atoms. The molecule has 0 unspecified atom stereocenters. The normalized spacial score (nSPS) is 11.3. The summed E-state index contributed by atoms with van der Waals surface area (Å²) < 4.78 is 18.2. The number of aromatic nitrogens is 5. The van der Waals surface area contributed by atoms with Gasteiger partial charge in [-0.15, -0.1) is 5.10 Å². The Labute approximate surface area is 182 Å². The number of fused-ring (bicyclic) bond motifs is 3. The number of halogens is 2. The summed E-state index contributed by atoms with van der Waals surface area (Å²) in [6.07, 6.45) is 3.17. The molecule has 0 spiro atoms. The largest absolute Gasteiger partial charge is 0.350 e. The summed E-state index contributed by atoms with van der Waals surface area (Å²) >= 11 is 3.34. The van der Waals surface area contributed by atoms with Crippen LogP contribution in [-0.4, -0.2) is 29.7 Å². The Hall–Kier alpha value is -3.79. The van der Waals surface area contributed by atoms with Crippen molar-refractivity contribution in [2.75, 3.05) is 5.32 Å². The van der Waals surface area contributed by atoms with Gasteiger partial charge < -0.3 is 5.32 Å². The van der Waals surface area contributed by atoms with Crippen LogP contribution in [0.3, 0.4) is 0 Å². The lowest BCUT2D eigenvalue weighted by molar-refractivity contribution is -0.117. The first kappa shape index (κ1) is 19.2. The molecular weight excluding hydrogens is 467 g/mol. The van der Waals surface area contributed by atoms with E-state index in [2.05, 4.69) is 31.4 Å². The van der Waals surface area contributed by atoms with E-state index in [0.717, 1.165) is 14.7 Å². The van der Waals surface area contributed by atoms with Gasteiger partial charge in [-0.05, 0) is 54.6 Å². The molecular formula is C21H14BrFN6O2. The van der Waals surface area contributed by atoms with Crippen molar-refractivity contribution in [3.05, 3.63) is 87.8 Å². The maximum absolute atomic E-state index is 13.2. The number of amides is 1. The number of benzene rings is 2. The summed E-state index contributed by atoms with van der Waals surface area (Å²) in [5, 5.41) is 11.5. The third-order valence-corrected chi connectivity index (χ3v) is 5.28. The zero-order valence-corrected chi connectivity index (χ0v) is 17.5. The van der Waals surface area contributed by atoms with Crippen LogP contribution in [0.2, 0.25) is 0 Å². The summed E-state index contributed by atoms with van der Waals surface area (Å²) in [5.41, 5.74) is 2.48. The summed E-state index contributed by atoms with van der Waals surface area (Å²) in [6, 6.07) is 14.9. The van der Waals surface area contributed by atoms with Crippen LogP contribution in [0, 0.1) is 5.82 Å². The molecule has 1 amide bonds. The highest BCUT2D eigenvalue weighted by Gasteiger charge is 2.15. The fraction of sp³-hybridized carbons (Fsp3) is 0.0476. The molecule has 0 saturated carbocycles. The van der Waals surface area contributed by atoms with Crippen LogP contribution in [0.5, 0.6) is 0 Å². The van der Waals surface area contributed by atoms with E-state index in [1.165, 1.54) is 16.5 Å². The van der Waals surface area contributed by atoms with Gasteiger partial charge in [0.05, 0.1) is 5.69 Å². The maximum atomic E-state index is 13.2. The zero-order valence-electron chi connectivity index (χ0n) is 15.9. The van der Waals surface area contributed by atoms with E-state index >= 15 is 0 Å². The first-order chi connectivity index (χ1) is 15.0. The number of hydrogen-bond donors (Lipinski definition) is 1. The van der Waals surface area contributed by atoms with Crippen molar-refractivity contribution in [3.63, 3.8) is 0 Å². The molecule has 0 saturated heterocycles. The van der Waals surface area contributed by atoms with Gasteiger partial charge in [0.1, 0.15) is 17.9 Å². The Bertz CT molecular complexity index is 1490. The molecule has 31 heavy (non-hydrogen) atoms. The van der Waals surface area contributed by atoms with Gasteiger partial charge in [0.25, 0.3) is 0 Å². The molecule has 2 aromatic carbocycles. The topological polar surface area (TPSA) is 85.7 Å². The first-order valence-corrected chi connectivity index (χ1v) is 10.1. The van der Waals surface area contributed by atoms with E-state index in [0.29, 0.717) is 22.5 Å². The van der Waals surface area contributed by atoms with Crippen molar-refractivity contribution in [3.8, 4) is 11.3 Å². The molecule has 1 N–H and O–H groups in total. The van der Waals surface area contributed by atoms with Crippen LogP contribution in [0.1, 0.15) is 0 Å². The Balaban J connectivity index is 1.48. The van der Waals surface area contributed by atoms with E-state index in [1.807, 2.05) is 12.1 Å². The minimum absolute atomic E-state index is 0.234. The van der Waals surface area contributed by atoms with Gasteiger partial charge in [-0.25, -0.2) is 22.8 Å². The summed E-state index contributed by atoms with van der Waals surface area (Å²) in [4.78, 5) is 25.1. The van der Waals surface area contributed by atoms with Crippen molar-refractivity contribution >= 4 is 38.7 Å². The first-order valence-electron chi connectivity index (χ1n) is 9.27. The minimum atomic E-state index is -0.437. The lowest BCUT2D eigenvalue weighted by Crippen LogP contribution is -2.28. The fourth-order valence-corrected chi connectivity index (χ4v) is 3.53. The second kappa shape index (κ2) is 7.47. The van der Waals surface area contributed by atoms with Crippen LogP contribution in [0.25, 0.3) is 22.4 Å². The minimum Gasteiger partial charge on any atom is -0.324 e. The number of rotatable bonds is 4. The van der Waals surface area contributed by atoms with E-state index in [-0.39, 0.29) is 18.3 Å². The van der Waals surface area contributed by atoms with Crippen molar-refractivity contribution in [2.24, 2.45) is 0 Å². The van der Waals surface area contributed by atoms with Gasteiger partial charge in [-0.2, -0.15) is 5.10 Å². The molecule has 0 fully saturated rings. The van der Waals surface area contributed by atoms with Crippen molar-refractivity contribution in [1.29, 1.82) is 0 Å². The second-order valence-electron chi connectivity index (χ2n) is 6.85. The standard InChI is InChI=1S/C21H14BrFN6O2/c22-14-3-7-16(8-4-14)24-19(30)12-29-21(31)27-9-10-28-18(20(27)26-29)11-17(25-28)13-1-5-15(23)6-2-13/h1-11H,12H2,(H,24,30). The van der Waals surface area contributed by atoms with Crippen molar-refractivity contribution < 1.29 is 9.18 Å². The van der Waals surface area contributed by atoms with Gasteiger partial charge >= 0.3 is 5.69 Å². The average molecular weight is 481 g/mol. The number of anilines is 1. The highest BCUT2D eigenvalue weighted by molar-refractivity contribution is 9.10. The van der Waals surface area contributed by atoms with Crippen molar-refractivity contribution in [1.82, 2.24) is 23.8 Å². The predicted molar refractivity (Wildman–Crippen MR) is 116 cm³/mol. The zero-order chi connectivity index (χ0) is 21.5. The molecule has 0 aliphatic rings. The molecule has 3 aromatic heterocycles. The quantitative estimate of drug-likeness (QED) is 0.427. The molecule has 3 heterocycles. The Morgan fingerprint density at radius 3 is 2.52 bits per heavy atom. The highest BCUT2D eigenvalue weighted by Crippen LogP contribution is 2.21. The molecule has 5 aromatic rings. The molecule has 0 atom stereocenters. The third-order valence-electron chi connectivity index (χ3n) is 4.75. The van der Waals surface area contributed by atoms with Crippen LogP contribution in [0.4, 0.5) is 10.1 Å². The van der Waals surface area contributed by atoms with Gasteiger partial charge in [0.15, 0.2) is 5.65 Å². The number of carbonyl (C=O) groups is 1. The molecule has 0 aliphatic carbocycles. The van der Waals surface area contributed by atoms with Crippen LogP contribution in [0.15, 0.2) is 76.3 Å². The summed E-state index contributed by atoms with van der Waals surface area (Å²) in [6.45, 7) is -0.234. The smallest absolute Gasteiger partial charge is 0.324 e. The Morgan fingerprint density at radius 1 is 1.03 bits per heavy atom. The van der Waals surface area contributed by atoms with Gasteiger partial charge in [0, 0.05) is 28.1 Å². The predicted octanol–water partition coefficient (Wildman–Crippen LogP) is 3.35. The number of nitrogens with one attached hydrogen (secondary N) is 1. The second-order valence-corrected chi connectivity index (χ2v) is 7.77. The Kier molecular flexibility index (Phi) is 4.63. The fourth-order valence-electron chi connectivity index (χ4n) is 3.27. The lowest BCUT2D eigenvalue weighted by Gasteiger charge is -2.04. The molecule has 5 rings (SSSR count). The average Bonchev–Trinajstić information content (AvgIpc) is 3.32.